The smallest absolute Gasteiger partial charge is 0.284 e. The van der Waals surface area contributed by atoms with Crippen LogP contribution >= 0.6 is 11.8 Å². The maximum atomic E-state index is 13.3. The molecule has 9 heteroatoms. The maximum absolute atomic E-state index is 13.3. The average Bonchev–Trinajstić information content (AvgIpc) is 3.05. The van der Waals surface area contributed by atoms with Gasteiger partial charge in [0.05, 0.1) is 23.4 Å². The van der Waals surface area contributed by atoms with Crippen LogP contribution in [0.5, 0.6) is 5.75 Å². The first-order valence-corrected chi connectivity index (χ1v) is 12.6. The number of fused-ring (bicyclic) bond motifs is 3. The minimum Gasteiger partial charge on any atom is -0.491 e. The van der Waals surface area contributed by atoms with Crippen molar-refractivity contribution in [2.45, 2.75) is 43.5 Å². The molecule has 0 fully saturated rings. The first-order chi connectivity index (χ1) is 17.1. The molecule has 3 heterocycles. The van der Waals surface area contributed by atoms with Crippen LogP contribution in [0.2, 0.25) is 0 Å². The summed E-state index contributed by atoms with van der Waals surface area (Å²) in [5, 5.41) is 24.7. The fourth-order valence-electron chi connectivity index (χ4n) is 4.24. The van der Waals surface area contributed by atoms with Gasteiger partial charge < -0.3 is 14.4 Å². The topological polar surface area (TPSA) is 106 Å². The van der Waals surface area contributed by atoms with Crippen LogP contribution in [-0.4, -0.2) is 42.9 Å². The zero-order valence-corrected chi connectivity index (χ0v) is 19.9. The molecule has 1 atom stereocenters. The van der Waals surface area contributed by atoms with Gasteiger partial charge in [-0.05, 0) is 55.7 Å². The minimum absolute atomic E-state index is 0.126. The van der Waals surface area contributed by atoms with Crippen molar-refractivity contribution in [3.8, 4) is 28.9 Å². The Balaban J connectivity index is 1.38. The molecule has 0 radical (unpaired) electrons. The minimum atomic E-state index is -0.716. The number of ether oxygens (including phenoxy) is 1. The molecule has 0 amide bonds. The quantitative estimate of drug-likeness (QED) is 0.313. The van der Waals surface area contributed by atoms with Crippen LogP contribution in [0.25, 0.3) is 17.1 Å². The summed E-state index contributed by atoms with van der Waals surface area (Å²) in [5.74, 6) is 1.43. The second-order valence-corrected chi connectivity index (χ2v) is 9.45. The molecule has 0 aliphatic carbocycles. The predicted octanol–water partition coefficient (Wildman–Crippen LogP) is 3.66. The Morgan fingerprint density at radius 3 is 2.69 bits per heavy atom. The number of aromatic nitrogens is 4. The zero-order valence-electron chi connectivity index (χ0n) is 19.1. The highest BCUT2D eigenvalue weighted by molar-refractivity contribution is 7.99. The monoisotopic (exact) mass is 487 g/mol. The van der Waals surface area contributed by atoms with Gasteiger partial charge in [0.15, 0.2) is 11.0 Å². The van der Waals surface area contributed by atoms with Crippen LogP contribution in [0.1, 0.15) is 30.5 Å². The first kappa shape index (κ1) is 23.1. The van der Waals surface area contributed by atoms with Gasteiger partial charge in [-0.15, -0.1) is 5.10 Å². The van der Waals surface area contributed by atoms with Crippen LogP contribution in [0, 0.1) is 11.3 Å². The lowest BCUT2D eigenvalue weighted by molar-refractivity contribution is 0.126. The van der Waals surface area contributed by atoms with Crippen LogP contribution in [0.3, 0.4) is 0 Å². The highest BCUT2D eigenvalue weighted by atomic mass is 32.2. The molecule has 178 valence electrons. The number of thioether (sulfide) groups is 1. The number of para-hydroxylation sites is 1. The number of nitrogens with zero attached hydrogens (tertiary/aromatic N) is 5. The van der Waals surface area contributed by atoms with E-state index in [1.807, 2.05) is 30.3 Å². The van der Waals surface area contributed by atoms with Crippen molar-refractivity contribution in [1.82, 2.24) is 19.3 Å². The molecule has 3 aliphatic heterocycles. The van der Waals surface area contributed by atoms with Crippen molar-refractivity contribution in [3.05, 3.63) is 76.2 Å². The molecule has 0 bridgehead atoms. The lowest BCUT2D eigenvalue weighted by Gasteiger charge is -2.18. The number of aliphatic hydroxyl groups is 1. The highest BCUT2D eigenvalue weighted by Gasteiger charge is 2.27. The highest BCUT2D eigenvalue weighted by Crippen LogP contribution is 2.30. The van der Waals surface area contributed by atoms with Gasteiger partial charge in [-0.2, -0.15) is 9.94 Å². The molecule has 8 nitrogen and oxygen atoms in total. The predicted molar refractivity (Wildman–Crippen MR) is 133 cm³/mol. The molecule has 0 spiro atoms. The normalized spacial score (nSPS) is 14.2. The van der Waals surface area contributed by atoms with Crippen LogP contribution in [0.4, 0.5) is 0 Å². The zero-order chi connectivity index (χ0) is 24.2. The molecule has 0 saturated carbocycles. The second-order valence-electron chi connectivity index (χ2n) is 8.47. The Bertz CT molecular complexity index is 1380. The Labute approximate surface area is 207 Å². The van der Waals surface area contributed by atoms with Crippen molar-refractivity contribution >= 4 is 11.8 Å². The lowest BCUT2D eigenvalue weighted by atomic mass is 10.1. The van der Waals surface area contributed by atoms with Gasteiger partial charge in [0.1, 0.15) is 17.9 Å². The summed E-state index contributed by atoms with van der Waals surface area (Å²) in [6.45, 7) is 0.912. The second kappa shape index (κ2) is 10.3. The SMILES string of the molecule is N#Cc1ccc(OCC(O)CSc2nc3nn(-c4ccccc4)c(=O)c-3c3n2CCCCC3)cc1. The number of aliphatic hydroxyl groups excluding tert-OH is 1. The summed E-state index contributed by atoms with van der Waals surface area (Å²) < 4.78 is 9.23. The Hall–Kier alpha value is -3.61. The Morgan fingerprint density at radius 2 is 1.91 bits per heavy atom. The molecule has 1 unspecified atom stereocenters. The van der Waals surface area contributed by atoms with E-state index in [0.717, 1.165) is 43.1 Å². The fraction of sp³-hybridized carbons (Fsp3) is 0.308. The van der Waals surface area contributed by atoms with Crippen molar-refractivity contribution in [1.29, 1.82) is 5.26 Å². The number of benzene rings is 2. The number of nitriles is 1. The van der Waals surface area contributed by atoms with E-state index in [4.69, 9.17) is 15.0 Å². The van der Waals surface area contributed by atoms with Gasteiger partial charge >= 0.3 is 0 Å². The molecule has 3 aliphatic rings. The summed E-state index contributed by atoms with van der Waals surface area (Å²) in [4.78, 5) is 18.1. The number of rotatable bonds is 7. The lowest BCUT2D eigenvalue weighted by Crippen LogP contribution is -2.22. The van der Waals surface area contributed by atoms with Gasteiger partial charge in [0.25, 0.3) is 5.56 Å². The maximum Gasteiger partial charge on any atom is 0.284 e. The molecule has 2 aromatic rings. The van der Waals surface area contributed by atoms with Gasteiger partial charge in [-0.25, -0.2) is 4.98 Å². The first-order valence-electron chi connectivity index (χ1n) is 11.7. The van der Waals surface area contributed by atoms with Crippen LogP contribution in [-0.2, 0) is 13.0 Å². The third kappa shape index (κ3) is 4.94. The molecule has 5 rings (SSSR count). The van der Waals surface area contributed by atoms with E-state index in [1.165, 1.54) is 16.4 Å². The van der Waals surface area contributed by atoms with E-state index in [2.05, 4.69) is 15.7 Å². The summed E-state index contributed by atoms with van der Waals surface area (Å²) in [6.07, 6.45) is 3.21. The Kier molecular flexibility index (Phi) is 6.84. The Morgan fingerprint density at radius 1 is 1.11 bits per heavy atom. The average molecular weight is 488 g/mol. The van der Waals surface area contributed by atoms with Crippen molar-refractivity contribution in [2.75, 3.05) is 12.4 Å². The van der Waals surface area contributed by atoms with Gasteiger partial charge in [0, 0.05) is 18.0 Å². The largest absolute Gasteiger partial charge is 0.491 e. The van der Waals surface area contributed by atoms with Crippen LogP contribution in [0.15, 0.2) is 64.5 Å². The van der Waals surface area contributed by atoms with E-state index in [0.29, 0.717) is 34.1 Å². The molecule has 2 aromatic carbocycles. The fourth-order valence-corrected chi connectivity index (χ4v) is 5.19. The summed E-state index contributed by atoms with van der Waals surface area (Å²) in [5.41, 5.74) is 2.70. The molecule has 0 saturated heterocycles. The molecular formula is C26H25N5O3S. The molecule has 1 N–H and O–H groups in total. The van der Waals surface area contributed by atoms with Gasteiger partial charge in [-0.3, -0.25) is 4.79 Å². The summed E-state index contributed by atoms with van der Waals surface area (Å²) in [7, 11) is 0. The van der Waals surface area contributed by atoms with Gasteiger partial charge in [0.2, 0.25) is 0 Å². The third-order valence-corrected chi connectivity index (χ3v) is 7.12. The van der Waals surface area contributed by atoms with E-state index in [-0.39, 0.29) is 12.2 Å². The van der Waals surface area contributed by atoms with E-state index in [9.17, 15) is 9.90 Å². The third-order valence-electron chi connectivity index (χ3n) is 6.00. The van der Waals surface area contributed by atoms with Crippen molar-refractivity contribution in [3.63, 3.8) is 0 Å². The molecule has 35 heavy (non-hydrogen) atoms. The van der Waals surface area contributed by atoms with E-state index < -0.39 is 6.10 Å². The molecular weight excluding hydrogens is 462 g/mol. The van der Waals surface area contributed by atoms with Crippen LogP contribution < -0.4 is 10.3 Å². The standard InChI is InChI=1S/C26H25N5O3S/c27-15-18-10-12-21(13-11-18)34-16-20(32)17-35-26-28-24-23(22-9-5-2-6-14-30(22)26)25(33)31(29-24)19-7-3-1-4-8-19/h1,3-4,7-8,10-13,20,32H,2,5-6,9,14,16-17H2. The number of hydrogen-bond donors (Lipinski definition) is 1. The molecule has 0 aromatic heterocycles. The van der Waals surface area contributed by atoms with E-state index >= 15 is 0 Å². The van der Waals surface area contributed by atoms with E-state index in [1.54, 1.807) is 24.3 Å². The summed E-state index contributed by atoms with van der Waals surface area (Å²) in [6, 6.07) is 18.3. The van der Waals surface area contributed by atoms with Crippen molar-refractivity contribution in [2.24, 2.45) is 0 Å². The van der Waals surface area contributed by atoms with Gasteiger partial charge in [-0.1, -0.05) is 36.4 Å². The number of hydrogen-bond acceptors (Lipinski definition) is 7. The summed E-state index contributed by atoms with van der Waals surface area (Å²) >= 11 is 1.45. The van der Waals surface area contributed by atoms with Crippen molar-refractivity contribution < 1.29 is 9.84 Å².